The van der Waals surface area contributed by atoms with Crippen LogP contribution in [0, 0.1) is 13.8 Å². The zero-order valence-electron chi connectivity index (χ0n) is 15.9. The van der Waals surface area contributed by atoms with Crippen LogP contribution in [0.2, 0.25) is 0 Å². The zero-order chi connectivity index (χ0) is 19.7. The quantitative estimate of drug-likeness (QED) is 0.575. The molecule has 0 bridgehead atoms. The lowest BCUT2D eigenvalue weighted by Crippen LogP contribution is -2.24. The number of hydrogen-bond acceptors (Lipinski definition) is 6. The molecule has 4 rings (SSSR count). The smallest absolute Gasteiger partial charge is 0.261 e. The number of nitrogens with zero attached hydrogens (tertiary/aromatic N) is 5. The second kappa shape index (κ2) is 7.22. The fraction of sp³-hybridized carbons (Fsp3) is 0.250. The topological polar surface area (TPSA) is 98.2 Å². The molecule has 1 amide bonds. The molecule has 1 aromatic carbocycles. The highest BCUT2D eigenvalue weighted by molar-refractivity contribution is 5.94. The molecule has 0 fully saturated rings. The number of benzene rings is 1. The summed E-state index contributed by atoms with van der Waals surface area (Å²) in [5, 5.41) is 15.3. The van der Waals surface area contributed by atoms with Gasteiger partial charge in [0.1, 0.15) is 0 Å². The number of amides is 1. The summed E-state index contributed by atoms with van der Waals surface area (Å²) in [6.45, 7) is 6.15. The van der Waals surface area contributed by atoms with Crippen LogP contribution in [0.1, 0.15) is 40.1 Å². The first-order chi connectivity index (χ1) is 13.5. The minimum atomic E-state index is -0.149. The van der Waals surface area contributed by atoms with Gasteiger partial charge in [0.25, 0.3) is 11.8 Å². The standard InChI is InChI=1S/C20H20N6O2/c1-4-16-22-20(28-25-16)15-6-5-7-26-17(23-24-18(15)26)11-21-19(27)14-9-12(2)8-13(3)10-14/h5-10H,4,11H2,1-3H3,(H,21,27). The van der Waals surface area contributed by atoms with Crippen LogP contribution in [-0.2, 0) is 13.0 Å². The molecule has 0 radical (unpaired) electrons. The van der Waals surface area contributed by atoms with Crippen molar-refractivity contribution in [3.05, 3.63) is 64.9 Å². The van der Waals surface area contributed by atoms with E-state index in [1.165, 1.54) is 0 Å². The molecule has 3 aromatic heterocycles. The maximum Gasteiger partial charge on any atom is 0.261 e. The Morgan fingerprint density at radius 2 is 1.96 bits per heavy atom. The van der Waals surface area contributed by atoms with E-state index in [4.69, 9.17) is 4.52 Å². The number of hydrogen-bond donors (Lipinski definition) is 1. The predicted octanol–water partition coefficient (Wildman–Crippen LogP) is 2.89. The molecule has 4 aromatic rings. The molecule has 0 unspecified atom stereocenters. The minimum Gasteiger partial charge on any atom is -0.345 e. The van der Waals surface area contributed by atoms with Gasteiger partial charge in [-0.3, -0.25) is 9.20 Å². The monoisotopic (exact) mass is 376 g/mol. The maximum absolute atomic E-state index is 12.5. The third-order valence-corrected chi connectivity index (χ3v) is 4.41. The molecule has 0 saturated carbocycles. The van der Waals surface area contributed by atoms with Crippen LogP contribution in [0.3, 0.4) is 0 Å². The highest BCUT2D eigenvalue weighted by Crippen LogP contribution is 2.22. The normalized spacial score (nSPS) is 11.1. The lowest BCUT2D eigenvalue weighted by Gasteiger charge is -2.07. The van der Waals surface area contributed by atoms with Gasteiger partial charge in [0.2, 0.25) is 0 Å². The summed E-state index contributed by atoms with van der Waals surface area (Å²) in [6.07, 6.45) is 2.53. The van der Waals surface area contributed by atoms with Crippen molar-refractivity contribution in [2.45, 2.75) is 33.7 Å². The second-order valence-corrected chi connectivity index (χ2v) is 6.66. The van der Waals surface area contributed by atoms with Gasteiger partial charge < -0.3 is 9.84 Å². The van der Waals surface area contributed by atoms with E-state index in [-0.39, 0.29) is 12.5 Å². The first-order valence-electron chi connectivity index (χ1n) is 9.07. The lowest BCUT2D eigenvalue weighted by molar-refractivity contribution is 0.0949. The Labute approximate surface area is 161 Å². The average Bonchev–Trinajstić information content (AvgIpc) is 3.32. The predicted molar refractivity (Wildman–Crippen MR) is 103 cm³/mol. The Balaban J connectivity index is 1.58. The van der Waals surface area contributed by atoms with Crippen molar-refractivity contribution in [3.63, 3.8) is 0 Å². The first-order valence-corrected chi connectivity index (χ1v) is 9.07. The van der Waals surface area contributed by atoms with E-state index in [0.29, 0.717) is 40.7 Å². The molecule has 0 aliphatic carbocycles. The van der Waals surface area contributed by atoms with Crippen molar-refractivity contribution >= 4 is 11.6 Å². The molecule has 0 saturated heterocycles. The lowest BCUT2D eigenvalue weighted by atomic mass is 10.1. The van der Waals surface area contributed by atoms with Gasteiger partial charge in [-0.05, 0) is 38.1 Å². The number of carbonyl (C=O) groups excluding carboxylic acids is 1. The number of nitrogens with one attached hydrogen (secondary N) is 1. The van der Waals surface area contributed by atoms with Crippen molar-refractivity contribution in [2.24, 2.45) is 0 Å². The number of fused-ring (bicyclic) bond motifs is 1. The van der Waals surface area contributed by atoms with E-state index < -0.39 is 0 Å². The Kier molecular flexibility index (Phi) is 4.60. The summed E-state index contributed by atoms with van der Waals surface area (Å²) >= 11 is 0. The fourth-order valence-corrected chi connectivity index (χ4v) is 3.13. The van der Waals surface area contributed by atoms with Crippen LogP contribution in [0.4, 0.5) is 0 Å². The fourth-order valence-electron chi connectivity index (χ4n) is 3.13. The molecular formula is C20H20N6O2. The Morgan fingerprint density at radius 1 is 1.18 bits per heavy atom. The average molecular weight is 376 g/mol. The molecule has 8 heteroatoms. The second-order valence-electron chi connectivity index (χ2n) is 6.66. The summed E-state index contributed by atoms with van der Waals surface area (Å²) < 4.78 is 7.14. The van der Waals surface area contributed by atoms with E-state index >= 15 is 0 Å². The van der Waals surface area contributed by atoms with Crippen molar-refractivity contribution in [1.82, 2.24) is 30.1 Å². The molecule has 28 heavy (non-hydrogen) atoms. The van der Waals surface area contributed by atoms with Crippen molar-refractivity contribution in [3.8, 4) is 11.5 Å². The Hall–Kier alpha value is -3.55. The maximum atomic E-state index is 12.5. The van der Waals surface area contributed by atoms with Crippen LogP contribution in [0.5, 0.6) is 0 Å². The number of aryl methyl sites for hydroxylation is 3. The third-order valence-electron chi connectivity index (χ3n) is 4.41. The summed E-state index contributed by atoms with van der Waals surface area (Å²) in [5.41, 5.74) is 4.03. The van der Waals surface area contributed by atoms with Crippen LogP contribution in [0.15, 0.2) is 41.1 Å². The van der Waals surface area contributed by atoms with Crippen LogP contribution < -0.4 is 5.32 Å². The highest BCUT2D eigenvalue weighted by Gasteiger charge is 2.16. The van der Waals surface area contributed by atoms with Gasteiger partial charge in [0.15, 0.2) is 17.3 Å². The van der Waals surface area contributed by atoms with E-state index in [0.717, 1.165) is 11.1 Å². The summed E-state index contributed by atoms with van der Waals surface area (Å²) in [5.74, 6) is 1.51. The summed E-state index contributed by atoms with van der Waals surface area (Å²) in [4.78, 5) is 16.9. The van der Waals surface area contributed by atoms with Crippen LogP contribution in [0.25, 0.3) is 17.1 Å². The number of carbonyl (C=O) groups is 1. The van der Waals surface area contributed by atoms with Gasteiger partial charge >= 0.3 is 0 Å². The van der Waals surface area contributed by atoms with Crippen LogP contribution in [-0.4, -0.2) is 30.6 Å². The molecule has 3 heterocycles. The summed E-state index contributed by atoms with van der Waals surface area (Å²) in [7, 11) is 0. The van der Waals surface area contributed by atoms with Crippen molar-refractivity contribution in [1.29, 1.82) is 0 Å². The molecule has 0 spiro atoms. The van der Waals surface area contributed by atoms with Crippen LogP contribution >= 0.6 is 0 Å². The molecular weight excluding hydrogens is 356 g/mol. The highest BCUT2D eigenvalue weighted by atomic mass is 16.5. The van der Waals surface area contributed by atoms with Gasteiger partial charge in [-0.2, -0.15) is 4.98 Å². The third kappa shape index (κ3) is 3.36. The zero-order valence-corrected chi connectivity index (χ0v) is 15.9. The number of pyridine rings is 1. The molecule has 0 atom stereocenters. The minimum absolute atomic E-state index is 0.149. The van der Waals surface area contributed by atoms with Gasteiger partial charge in [-0.15, -0.1) is 10.2 Å². The molecule has 8 nitrogen and oxygen atoms in total. The van der Waals surface area contributed by atoms with Gasteiger partial charge in [0.05, 0.1) is 12.1 Å². The van der Waals surface area contributed by atoms with Crippen molar-refractivity contribution in [2.75, 3.05) is 0 Å². The van der Waals surface area contributed by atoms with Gasteiger partial charge in [-0.1, -0.05) is 29.3 Å². The number of aromatic nitrogens is 5. The van der Waals surface area contributed by atoms with E-state index in [1.807, 2.05) is 61.7 Å². The van der Waals surface area contributed by atoms with Gasteiger partial charge in [0, 0.05) is 18.2 Å². The van der Waals surface area contributed by atoms with E-state index in [9.17, 15) is 4.79 Å². The van der Waals surface area contributed by atoms with Crippen molar-refractivity contribution < 1.29 is 9.32 Å². The largest absolute Gasteiger partial charge is 0.345 e. The SMILES string of the molecule is CCc1noc(-c2cccn3c(CNC(=O)c4cc(C)cc(C)c4)nnc23)n1. The number of rotatable bonds is 5. The van der Waals surface area contributed by atoms with E-state index in [1.54, 1.807) is 0 Å². The Morgan fingerprint density at radius 3 is 2.68 bits per heavy atom. The molecule has 0 aliphatic rings. The van der Waals surface area contributed by atoms with E-state index in [2.05, 4.69) is 25.7 Å². The van der Waals surface area contributed by atoms with Gasteiger partial charge in [-0.25, -0.2) is 0 Å². The molecule has 1 N–H and O–H groups in total. The molecule has 0 aliphatic heterocycles. The summed E-state index contributed by atoms with van der Waals surface area (Å²) in [6, 6.07) is 9.48. The molecule has 142 valence electrons. The first kappa shape index (κ1) is 17.8. The Bertz CT molecular complexity index is 1140.